The van der Waals surface area contributed by atoms with Crippen molar-refractivity contribution in [1.82, 2.24) is 0 Å². The Hall–Kier alpha value is -3.53. The molecule has 38 heavy (non-hydrogen) atoms. The van der Waals surface area contributed by atoms with Crippen LogP contribution >= 0.6 is 0 Å². The first-order valence-corrected chi connectivity index (χ1v) is 12.3. The van der Waals surface area contributed by atoms with Crippen molar-refractivity contribution in [1.29, 1.82) is 0 Å². The highest BCUT2D eigenvalue weighted by molar-refractivity contribution is 5.87. The van der Waals surface area contributed by atoms with Crippen molar-refractivity contribution < 1.29 is 37.0 Å². The van der Waals surface area contributed by atoms with Crippen LogP contribution in [0.5, 0.6) is 5.75 Å². The molecule has 1 aliphatic rings. The van der Waals surface area contributed by atoms with Crippen molar-refractivity contribution in [3.8, 4) is 5.75 Å². The van der Waals surface area contributed by atoms with Crippen molar-refractivity contribution in [2.45, 2.75) is 57.2 Å². The van der Waals surface area contributed by atoms with Gasteiger partial charge in [0.1, 0.15) is 19.0 Å². The number of esters is 2. The number of ether oxygens (including phenoxy) is 3. The van der Waals surface area contributed by atoms with E-state index in [0.29, 0.717) is 48.4 Å². The Morgan fingerprint density at radius 1 is 0.974 bits per heavy atom. The van der Waals surface area contributed by atoms with Gasteiger partial charge in [-0.05, 0) is 67.2 Å². The third kappa shape index (κ3) is 8.79. The van der Waals surface area contributed by atoms with E-state index in [1.165, 1.54) is 6.08 Å². The average molecular weight is 535 g/mol. The lowest BCUT2D eigenvalue weighted by molar-refractivity contribution is -0.189. The smallest absolute Gasteiger partial charge is 0.411 e. The van der Waals surface area contributed by atoms with Crippen LogP contribution in [0, 0.1) is 5.92 Å². The minimum Gasteiger partial charge on any atom is -0.462 e. The fourth-order valence-corrected chi connectivity index (χ4v) is 4.26. The van der Waals surface area contributed by atoms with Gasteiger partial charge >= 0.3 is 18.1 Å². The summed E-state index contributed by atoms with van der Waals surface area (Å²) in [6.07, 6.45) is -0.399. The average Bonchev–Trinajstić information content (AvgIpc) is 2.85. The first-order valence-electron chi connectivity index (χ1n) is 12.3. The molecule has 0 amide bonds. The fourth-order valence-electron chi connectivity index (χ4n) is 4.26. The van der Waals surface area contributed by atoms with E-state index in [4.69, 9.17) is 25.7 Å². The van der Waals surface area contributed by atoms with Gasteiger partial charge in [-0.2, -0.15) is 13.2 Å². The van der Waals surface area contributed by atoms with E-state index in [-0.39, 0.29) is 12.5 Å². The molecular formula is C28H33F3N2O5. The molecule has 3 rings (SSSR count). The predicted molar refractivity (Wildman–Crippen MR) is 138 cm³/mol. The number of anilines is 2. The van der Waals surface area contributed by atoms with Crippen LogP contribution in [-0.2, 0) is 24.5 Å². The maximum Gasteiger partial charge on any atom is 0.411 e. The summed E-state index contributed by atoms with van der Waals surface area (Å²) >= 11 is 0. The number of hydrogen-bond donors (Lipinski definition) is 2. The topological polar surface area (TPSA) is 114 Å². The van der Waals surface area contributed by atoms with E-state index < -0.39 is 36.2 Å². The molecule has 0 unspecified atom stereocenters. The van der Waals surface area contributed by atoms with E-state index in [9.17, 15) is 22.8 Å². The second kappa shape index (κ2) is 12.3. The van der Waals surface area contributed by atoms with Crippen molar-refractivity contribution in [2.75, 3.05) is 24.7 Å². The highest BCUT2D eigenvalue weighted by atomic mass is 19.4. The molecule has 0 aliphatic heterocycles. The number of carbonyl (C=O) groups is 2. The maximum absolute atomic E-state index is 12.5. The van der Waals surface area contributed by atoms with Crippen LogP contribution in [0.4, 0.5) is 24.5 Å². The van der Waals surface area contributed by atoms with Crippen LogP contribution in [0.15, 0.2) is 48.5 Å². The molecule has 7 nitrogen and oxygen atoms in total. The van der Waals surface area contributed by atoms with E-state index in [0.717, 1.165) is 5.56 Å². The summed E-state index contributed by atoms with van der Waals surface area (Å²) in [6, 6.07) is 11.8. The summed E-state index contributed by atoms with van der Waals surface area (Å²) in [5.74, 6) is -0.983. The number of carbonyl (C=O) groups excluding carboxylic acids is 2. The Labute approximate surface area is 219 Å². The number of benzene rings is 2. The number of hydrogen-bond acceptors (Lipinski definition) is 7. The van der Waals surface area contributed by atoms with Gasteiger partial charge < -0.3 is 25.7 Å². The predicted octanol–water partition coefficient (Wildman–Crippen LogP) is 5.43. The molecule has 1 fully saturated rings. The largest absolute Gasteiger partial charge is 0.462 e. The van der Waals surface area contributed by atoms with Gasteiger partial charge in [0, 0.05) is 22.9 Å². The molecule has 0 spiro atoms. The number of halogens is 3. The van der Waals surface area contributed by atoms with Crippen molar-refractivity contribution in [2.24, 2.45) is 5.92 Å². The summed E-state index contributed by atoms with van der Waals surface area (Å²) in [5, 5.41) is 0. The molecular weight excluding hydrogens is 501 g/mol. The first kappa shape index (κ1) is 29.0. The lowest BCUT2D eigenvalue weighted by Gasteiger charge is -2.27. The lowest BCUT2D eigenvalue weighted by Crippen LogP contribution is -2.31. The number of nitrogens with two attached hydrogens (primary N) is 2. The van der Waals surface area contributed by atoms with Gasteiger partial charge in [0.2, 0.25) is 0 Å². The van der Waals surface area contributed by atoms with Crippen molar-refractivity contribution >= 4 is 29.4 Å². The quantitative estimate of drug-likeness (QED) is 0.191. The number of rotatable bonds is 9. The van der Waals surface area contributed by atoms with E-state index >= 15 is 0 Å². The van der Waals surface area contributed by atoms with E-state index in [1.807, 2.05) is 19.9 Å². The van der Waals surface area contributed by atoms with Gasteiger partial charge in [-0.3, -0.25) is 4.79 Å². The van der Waals surface area contributed by atoms with Gasteiger partial charge in [-0.1, -0.05) is 32.0 Å². The monoisotopic (exact) mass is 534 g/mol. The molecule has 0 heterocycles. The number of alkyl halides is 3. The molecule has 2 aromatic rings. The third-order valence-electron chi connectivity index (χ3n) is 6.38. The molecule has 0 bridgehead atoms. The fraction of sp³-hybridized carbons (Fsp3) is 0.429. The molecule has 0 atom stereocenters. The minimum absolute atomic E-state index is 0.121. The van der Waals surface area contributed by atoms with Crippen LogP contribution < -0.4 is 16.2 Å². The first-order chi connectivity index (χ1) is 17.8. The van der Waals surface area contributed by atoms with Gasteiger partial charge in [-0.15, -0.1) is 0 Å². The van der Waals surface area contributed by atoms with E-state index in [2.05, 4.69) is 0 Å². The zero-order valence-corrected chi connectivity index (χ0v) is 21.4. The van der Waals surface area contributed by atoms with Gasteiger partial charge in [0.15, 0.2) is 0 Å². The highest BCUT2D eigenvalue weighted by Gasteiger charge is 2.33. The molecule has 10 heteroatoms. The van der Waals surface area contributed by atoms with Crippen LogP contribution in [0.25, 0.3) is 6.08 Å². The molecule has 4 N–H and O–H groups in total. The SMILES string of the molecule is CC(C)(COC(=O)C=Cc1ccc(OC(=O)C2CCC(OCC(F)(F)F)CC2)cc1)c1ccc(N)cc1N. The second-order valence-corrected chi connectivity index (χ2v) is 10.1. The Kier molecular flexibility index (Phi) is 9.43. The molecule has 2 aromatic carbocycles. The Morgan fingerprint density at radius 3 is 2.24 bits per heavy atom. The summed E-state index contributed by atoms with van der Waals surface area (Å²) < 4.78 is 52.6. The van der Waals surface area contributed by atoms with Crippen LogP contribution in [0.3, 0.4) is 0 Å². The molecule has 206 valence electrons. The third-order valence-corrected chi connectivity index (χ3v) is 6.38. The van der Waals surface area contributed by atoms with Gasteiger partial charge in [-0.25, -0.2) is 4.79 Å². The zero-order chi connectivity index (χ0) is 27.9. The minimum atomic E-state index is -4.36. The summed E-state index contributed by atoms with van der Waals surface area (Å²) in [5.41, 5.74) is 13.9. The maximum atomic E-state index is 12.5. The normalized spacial score (nSPS) is 18.3. The number of nitrogen functional groups attached to an aromatic ring is 2. The summed E-state index contributed by atoms with van der Waals surface area (Å²) in [4.78, 5) is 24.7. The molecule has 0 aromatic heterocycles. The van der Waals surface area contributed by atoms with Crippen LogP contribution in [-0.4, -0.2) is 37.4 Å². The Morgan fingerprint density at radius 2 is 1.63 bits per heavy atom. The molecule has 0 radical (unpaired) electrons. The standard InChI is InChI=1S/C28H33F3N2O5/c1-27(2,23-13-8-20(32)15-24(23)33)16-37-25(34)14-5-18-3-9-22(10-4-18)38-26(35)19-6-11-21(12-7-19)36-17-28(29,30)31/h3-5,8-10,13-15,19,21H,6-7,11-12,16-17,32-33H2,1-2H3. The summed E-state index contributed by atoms with van der Waals surface area (Å²) in [7, 11) is 0. The summed E-state index contributed by atoms with van der Waals surface area (Å²) in [6.45, 7) is 2.68. The van der Waals surface area contributed by atoms with Crippen LogP contribution in [0.1, 0.15) is 50.7 Å². The molecule has 1 aliphatic carbocycles. The van der Waals surface area contributed by atoms with E-state index in [1.54, 1.807) is 42.5 Å². The Bertz CT molecular complexity index is 1140. The van der Waals surface area contributed by atoms with Crippen molar-refractivity contribution in [3.63, 3.8) is 0 Å². The van der Waals surface area contributed by atoms with Crippen molar-refractivity contribution in [3.05, 3.63) is 59.7 Å². The highest BCUT2D eigenvalue weighted by Crippen LogP contribution is 2.31. The molecule has 0 saturated heterocycles. The van der Waals surface area contributed by atoms with Gasteiger partial charge in [0.05, 0.1) is 12.0 Å². The molecule has 1 saturated carbocycles. The second-order valence-electron chi connectivity index (χ2n) is 10.1. The zero-order valence-electron chi connectivity index (χ0n) is 21.4. The van der Waals surface area contributed by atoms with Gasteiger partial charge in [0.25, 0.3) is 0 Å². The lowest BCUT2D eigenvalue weighted by atomic mass is 9.84. The Balaban J connectivity index is 1.44. The van der Waals surface area contributed by atoms with Crippen LogP contribution in [0.2, 0.25) is 0 Å².